The maximum absolute atomic E-state index is 13.8. The van der Waals surface area contributed by atoms with Crippen molar-refractivity contribution in [2.24, 2.45) is 11.8 Å². The minimum atomic E-state index is -1.19. The van der Waals surface area contributed by atoms with Crippen LogP contribution < -0.4 is 5.32 Å². The number of hydrogen-bond donors (Lipinski definition) is 1. The zero-order chi connectivity index (χ0) is 21.0. The van der Waals surface area contributed by atoms with Crippen molar-refractivity contribution in [3.8, 4) is 0 Å². The van der Waals surface area contributed by atoms with Crippen molar-refractivity contribution in [2.45, 2.75) is 33.2 Å². The summed E-state index contributed by atoms with van der Waals surface area (Å²) >= 11 is 0. The number of carbonyl (C=O) groups is 2. The van der Waals surface area contributed by atoms with E-state index in [-0.39, 0.29) is 11.9 Å². The second-order valence-corrected chi connectivity index (χ2v) is 8.61. The molecule has 29 heavy (non-hydrogen) atoms. The van der Waals surface area contributed by atoms with Gasteiger partial charge in [-0.2, -0.15) is 0 Å². The molecule has 154 valence electrons. The van der Waals surface area contributed by atoms with Crippen LogP contribution in [-0.2, 0) is 10.3 Å². The van der Waals surface area contributed by atoms with Gasteiger partial charge in [0.15, 0.2) is 5.54 Å². The summed E-state index contributed by atoms with van der Waals surface area (Å²) in [5.41, 5.74) is 0.346. The number of nitrogens with one attached hydrogen (secondary N) is 1. The molecule has 0 unspecified atom stereocenters. The van der Waals surface area contributed by atoms with Gasteiger partial charge in [-0.3, -0.25) is 9.69 Å². The summed E-state index contributed by atoms with van der Waals surface area (Å²) in [6.45, 7) is 10.6. The number of imide groups is 1. The summed E-state index contributed by atoms with van der Waals surface area (Å²) in [4.78, 5) is 30.3. The molecule has 1 saturated heterocycles. The van der Waals surface area contributed by atoms with Crippen molar-refractivity contribution in [2.75, 3.05) is 19.8 Å². The number of hydrogen-bond acceptors (Lipinski definition) is 3. The molecule has 0 aromatic heterocycles. The van der Waals surface area contributed by atoms with Crippen molar-refractivity contribution < 1.29 is 9.59 Å². The van der Waals surface area contributed by atoms with Crippen LogP contribution in [0.3, 0.4) is 0 Å². The third kappa shape index (κ3) is 4.35. The fourth-order valence-corrected chi connectivity index (χ4v) is 4.06. The van der Waals surface area contributed by atoms with Gasteiger partial charge in [0.25, 0.3) is 5.91 Å². The Balaban J connectivity index is 1.99. The molecule has 3 rings (SSSR count). The molecular weight excluding hydrogens is 362 g/mol. The summed E-state index contributed by atoms with van der Waals surface area (Å²) in [6.07, 6.45) is 0. The van der Waals surface area contributed by atoms with Gasteiger partial charge in [-0.1, -0.05) is 88.4 Å². The molecule has 1 fully saturated rings. The fourth-order valence-electron chi connectivity index (χ4n) is 4.06. The summed E-state index contributed by atoms with van der Waals surface area (Å²) < 4.78 is 0. The minimum absolute atomic E-state index is 0.225. The topological polar surface area (TPSA) is 52.6 Å². The van der Waals surface area contributed by atoms with E-state index in [1.165, 1.54) is 4.90 Å². The Kier molecular flexibility index (Phi) is 6.38. The third-order valence-electron chi connectivity index (χ3n) is 5.11. The van der Waals surface area contributed by atoms with Gasteiger partial charge in [0.1, 0.15) is 0 Å². The molecule has 5 nitrogen and oxygen atoms in total. The van der Waals surface area contributed by atoms with Crippen LogP contribution in [0.15, 0.2) is 60.7 Å². The Bertz CT molecular complexity index is 784. The van der Waals surface area contributed by atoms with E-state index in [1.54, 1.807) is 0 Å². The third-order valence-corrected chi connectivity index (χ3v) is 5.11. The van der Waals surface area contributed by atoms with Gasteiger partial charge in [-0.25, -0.2) is 9.69 Å². The smallest absolute Gasteiger partial charge is 0.315 e. The zero-order valence-electron chi connectivity index (χ0n) is 17.8. The van der Waals surface area contributed by atoms with E-state index in [9.17, 15) is 9.59 Å². The number of rotatable bonds is 8. The molecule has 1 aliphatic rings. The van der Waals surface area contributed by atoms with E-state index < -0.39 is 5.54 Å². The Hall–Kier alpha value is -2.66. The van der Waals surface area contributed by atoms with Gasteiger partial charge < -0.3 is 5.32 Å². The number of nitrogens with zero attached hydrogens (tertiary/aromatic N) is 2. The Labute approximate surface area is 173 Å². The Morgan fingerprint density at radius 3 is 1.69 bits per heavy atom. The highest BCUT2D eigenvalue weighted by atomic mass is 16.2. The molecule has 0 saturated carbocycles. The largest absolute Gasteiger partial charge is 0.326 e. The van der Waals surface area contributed by atoms with Crippen LogP contribution in [-0.4, -0.2) is 41.5 Å². The maximum atomic E-state index is 13.8. The van der Waals surface area contributed by atoms with Gasteiger partial charge in [-0.05, 0) is 23.0 Å². The van der Waals surface area contributed by atoms with E-state index in [0.717, 1.165) is 24.2 Å². The predicted octanol–water partition coefficient (Wildman–Crippen LogP) is 4.05. The molecule has 1 aliphatic heterocycles. The van der Waals surface area contributed by atoms with Gasteiger partial charge in [-0.15, -0.1) is 0 Å². The summed E-state index contributed by atoms with van der Waals surface area (Å²) in [7, 11) is 0. The number of benzene rings is 2. The van der Waals surface area contributed by atoms with E-state index in [2.05, 4.69) is 37.9 Å². The first kappa shape index (κ1) is 21.1. The minimum Gasteiger partial charge on any atom is -0.315 e. The average molecular weight is 394 g/mol. The first-order valence-corrected chi connectivity index (χ1v) is 10.3. The summed E-state index contributed by atoms with van der Waals surface area (Å²) in [6, 6.07) is 18.6. The molecule has 2 aromatic rings. The lowest BCUT2D eigenvalue weighted by Gasteiger charge is -2.31. The second kappa shape index (κ2) is 8.78. The second-order valence-electron chi connectivity index (χ2n) is 8.61. The Morgan fingerprint density at radius 2 is 1.28 bits per heavy atom. The highest BCUT2D eigenvalue weighted by Crippen LogP contribution is 2.36. The van der Waals surface area contributed by atoms with Crippen molar-refractivity contribution >= 4 is 11.9 Å². The van der Waals surface area contributed by atoms with Crippen molar-refractivity contribution in [3.05, 3.63) is 71.8 Å². The van der Waals surface area contributed by atoms with Crippen LogP contribution in [0.25, 0.3) is 0 Å². The molecule has 3 amide bonds. The van der Waals surface area contributed by atoms with E-state index >= 15 is 0 Å². The van der Waals surface area contributed by atoms with Gasteiger partial charge in [0, 0.05) is 13.1 Å². The molecule has 1 heterocycles. The maximum Gasteiger partial charge on any atom is 0.326 e. The van der Waals surface area contributed by atoms with Gasteiger partial charge in [0.2, 0.25) is 0 Å². The lowest BCUT2D eigenvalue weighted by Crippen LogP contribution is -2.47. The lowest BCUT2D eigenvalue weighted by atomic mass is 9.83. The molecular formula is C24H31N3O2. The standard InChI is InChI=1S/C24H31N3O2/c1-18(2)15-26(16-19(3)4)17-27-22(28)24(25-23(27)29,20-11-7-5-8-12-20)21-13-9-6-10-14-21/h5-14,18-19H,15-17H2,1-4H3,(H,25,29). The van der Waals surface area contributed by atoms with Gasteiger partial charge >= 0.3 is 6.03 Å². The van der Waals surface area contributed by atoms with Crippen LogP contribution in [0.5, 0.6) is 0 Å². The van der Waals surface area contributed by atoms with Crippen molar-refractivity contribution in [1.29, 1.82) is 0 Å². The molecule has 0 aliphatic carbocycles. The van der Waals surface area contributed by atoms with E-state index in [4.69, 9.17) is 0 Å². The van der Waals surface area contributed by atoms with Crippen LogP contribution >= 0.6 is 0 Å². The molecule has 2 aromatic carbocycles. The van der Waals surface area contributed by atoms with Crippen LogP contribution in [0, 0.1) is 11.8 Å². The summed E-state index contributed by atoms with van der Waals surface area (Å²) in [5.74, 6) is 0.669. The molecule has 0 bridgehead atoms. The molecule has 5 heteroatoms. The van der Waals surface area contributed by atoms with Crippen LogP contribution in [0.1, 0.15) is 38.8 Å². The van der Waals surface area contributed by atoms with Crippen LogP contribution in [0.2, 0.25) is 0 Å². The molecule has 0 radical (unpaired) electrons. The number of amides is 3. The lowest BCUT2D eigenvalue weighted by molar-refractivity contribution is -0.131. The normalized spacial score (nSPS) is 16.2. The van der Waals surface area contributed by atoms with E-state index in [1.807, 2.05) is 60.7 Å². The molecule has 0 spiro atoms. The number of urea groups is 1. The van der Waals surface area contributed by atoms with Crippen molar-refractivity contribution in [1.82, 2.24) is 15.1 Å². The monoisotopic (exact) mass is 393 g/mol. The van der Waals surface area contributed by atoms with Crippen molar-refractivity contribution in [3.63, 3.8) is 0 Å². The highest BCUT2D eigenvalue weighted by molar-refractivity contribution is 6.09. The summed E-state index contributed by atoms with van der Waals surface area (Å²) in [5, 5.41) is 3.02. The average Bonchev–Trinajstić information content (AvgIpc) is 2.94. The van der Waals surface area contributed by atoms with Crippen LogP contribution in [0.4, 0.5) is 4.79 Å². The first-order valence-electron chi connectivity index (χ1n) is 10.3. The van der Waals surface area contributed by atoms with E-state index in [0.29, 0.717) is 18.5 Å². The quantitative estimate of drug-likeness (QED) is 0.689. The van der Waals surface area contributed by atoms with Gasteiger partial charge in [0.05, 0.1) is 6.67 Å². The SMILES string of the molecule is CC(C)CN(CC(C)C)CN1C(=O)NC(c2ccccc2)(c2ccccc2)C1=O. The molecule has 1 N–H and O–H groups in total. The zero-order valence-corrected chi connectivity index (χ0v) is 17.8. The first-order chi connectivity index (χ1) is 13.8. The predicted molar refractivity (Wildman–Crippen MR) is 115 cm³/mol. The number of carbonyl (C=O) groups excluding carboxylic acids is 2. The molecule has 0 atom stereocenters. The highest BCUT2D eigenvalue weighted by Gasteiger charge is 2.53. The Morgan fingerprint density at radius 1 is 0.828 bits per heavy atom. The fraction of sp³-hybridized carbons (Fsp3) is 0.417.